The van der Waals surface area contributed by atoms with Gasteiger partial charge in [0.1, 0.15) is 11.6 Å². The van der Waals surface area contributed by atoms with Crippen molar-refractivity contribution in [1.82, 2.24) is 9.88 Å². The average Bonchev–Trinajstić information content (AvgIpc) is 3.24. The maximum atomic E-state index is 14.3. The van der Waals surface area contributed by atoms with Crippen LogP contribution >= 0.6 is 0 Å². The van der Waals surface area contributed by atoms with Crippen molar-refractivity contribution < 1.29 is 32.2 Å². The number of aromatic nitrogens is 1. The van der Waals surface area contributed by atoms with E-state index in [1.807, 2.05) is 0 Å². The molecule has 1 atom stereocenters. The highest BCUT2D eigenvalue weighted by atomic mass is 19.4. The van der Waals surface area contributed by atoms with E-state index < -0.39 is 35.9 Å². The van der Waals surface area contributed by atoms with Gasteiger partial charge in [-0.1, -0.05) is 13.8 Å². The van der Waals surface area contributed by atoms with E-state index in [9.17, 15) is 27.5 Å². The molecule has 2 aromatic carbocycles. The first kappa shape index (κ1) is 27.0. The third kappa shape index (κ3) is 5.61. The standard InChI is InChI=1S/C28H32F4N2O3/c1-26(2,22-15-20(29)8-10-24(22)37-3)17-27(36,28(30,31)32)16-21-14-19-13-18(7-9-23(19)33-21)25(35)34-11-5-4-6-12-34/h7-10,13-15,33,36H,4-6,11-12,16-17H2,1-3H3. The molecule has 1 amide bonds. The predicted octanol–water partition coefficient (Wildman–Crippen LogP) is 6.15. The van der Waals surface area contributed by atoms with Gasteiger partial charge in [-0.3, -0.25) is 4.79 Å². The van der Waals surface area contributed by atoms with Gasteiger partial charge >= 0.3 is 6.18 Å². The number of ether oxygens (including phenoxy) is 1. The number of piperidine rings is 1. The molecule has 0 radical (unpaired) electrons. The third-order valence-corrected chi connectivity index (χ3v) is 7.20. The summed E-state index contributed by atoms with van der Waals surface area (Å²) in [6, 6.07) is 10.2. The van der Waals surface area contributed by atoms with Crippen LogP contribution in [0.5, 0.6) is 5.75 Å². The molecule has 1 unspecified atom stereocenters. The summed E-state index contributed by atoms with van der Waals surface area (Å²) in [5.74, 6) is -0.459. The van der Waals surface area contributed by atoms with E-state index in [1.165, 1.54) is 39.2 Å². The van der Waals surface area contributed by atoms with Gasteiger partial charge in [-0.25, -0.2) is 4.39 Å². The SMILES string of the molecule is COc1ccc(F)cc1C(C)(C)CC(O)(Cc1cc2cc(C(=O)N3CCCCC3)ccc2[nH]1)C(F)(F)F. The van der Waals surface area contributed by atoms with E-state index in [-0.39, 0.29) is 22.9 Å². The number of likely N-dealkylation sites (tertiary alicyclic amines) is 1. The minimum absolute atomic E-state index is 0.0954. The summed E-state index contributed by atoms with van der Waals surface area (Å²) >= 11 is 0. The highest BCUT2D eigenvalue weighted by Crippen LogP contribution is 2.45. The molecule has 1 aromatic heterocycles. The third-order valence-electron chi connectivity index (χ3n) is 7.20. The Labute approximate surface area is 213 Å². The number of hydrogen-bond donors (Lipinski definition) is 2. The van der Waals surface area contributed by atoms with Crippen LogP contribution in [-0.2, 0) is 11.8 Å². The van der Waals surface area contributed by atoms with Gasteiger partial charge < -0.3 is 19.7 Å². The van der Waals surface area contributed by atoms with Gasteiger partial charge in [0, 0.05) is 47.2 Å². The summed E-state index contributed by atoms with van der Waals surface area (Å²) in [6.07, 6.45) is -3.42. The van der Waals surface area contributed by atoms with Gasteiger partial charge in [0.05, 0.1) is 7.11 Å². The van der Waals surface area contributed by atoms with Crippen LogP contribution in [0.4, 0.5) is 17.6 Å². The predicted molar refractivity (Wildman–Crippen MR) is 133 cm³/mol. The molecule has 0 bridgehead atoms. The van der Waals surface area contributed by atoms with Crippen LogP contribution in [0.1, 0.15) is 61.1 Å². The molecular weight excluding hydrogens is 488 g/mol. The van der Waals surface area contributed by atoms with Gasteiger partial charge in [0.15, 0.2) is 5.60 Å². The summed E-state index contributed by atoms with van der Waals surface area (Å²) in [7, 11) is 1.36. The van der Waals surface area contributed by atoms with Gasteiger partial charge in [-0.2, -0.15) is 13.2 Å². The molecule has 4 rings (SSSR count). The molecule has 1 aliphatic heterocycles. The second kappa shape index (κ2) is 10.0. The summed E-state index contributed by atoms with van der Waals surface area (Å²) in [5.41, 5.74) is -2.93. The van der Waals surface area contributed by atoms with Crippen molar-refractivity contribution in [3.8, 4) is 5.75 Å². The molecule has 3 aromatic rings. The van der Waals surface area contributed by atoms with Crippen LogP contribution in [-0.4, -0.2) is 52.9 Å². The second-order valence-electron chi connectivity index (χ2n) is 10.6. The van der Waals surface area contributed by atoms with Crippen LogP contribution in [0.2, 0.25) is 0 Å². The number of aliphatic hydroxyl groups is 1. The first-order valence-electron chi connectivity index (χ1n) is 12.4. The summed E-state index contributed by atoms with van der Waals surface area (Å²) in [6.45, 7) is 4.43. The van der Waals surface area contributed by atoms with Gasteiger partial charge in [-0.15, -0.1) is 0 Å². The minimum atomic E-state index is -4.96. The number of aromatic amines is 1. The Morgan fingerprint density at radius 2 is 1.76 bits per heavy atom. The number of nitrogens with zero attached hydrogens (tertiary/aromatic N) is 1. The summed E-state index contributed by atoms with van der Waals surface area (Å²) < 4.78 is 62.2. The topological polar surface area (TPSA) is 65.6 Å². The lowest BCUT2D eigenvalue weighted by Gasteiger charge is -2.38. The zero-order valence-corrected chi connectivity index (χ0v) is 21.2. The fraction of sp³-hybridized carbons (Fsp3) is 0.464. The molecule has 1 fully saturated rings. The average molecular weight is 521 g/mol. The van der Waals surface area contributed by atoms with Crippen LogP contribution in [0.3, 0.4) is 0 Å². The highest BCUT2D eigenvalue weighted by molar-refractivity contribution is 5.98. The van der Waals surface area contributed by atoms with Crippen LogP contribution < -0.4 is 4.74 Å². The number of rotatable bonds is 7. The molecule has 0 aliphatic carbocycles. The van der Waals surface area contributed by atoms with Crippen molar-refractivity contribution in [2.45, 2.75) is 63.1 Å². The number of nitrogens with one attached hydrogen (secondary N) is 1. The van der Waals surface area contributed by atoms with Crippen LogP contribution in [0, 0.1) is 5.82 Å². The number of amides is 1. The maximum absolute atomic E-state index is 14.3. The van der Waals surface area contributed by atoms with Crippen LogP contribution in [0.15, 0.2) is 42.5 Å². The quantitative estimate of drug-likeness (QED) is 0.368. The first-order chi connectivity index (χ1) is 17.3. The molecule has 2 heterocycles. The molecule has 0 spiro atoms. The monoisotopic (exact) mass is 520 g/mol. The number of methoxy groups -OCH3 is 1. The lowest BCUT2D eigenvalue weighted by Crippen LogP contribution is -2.51. The Balaban J connectivity index is 1.62. The van der Waals surface area contributed by atoms with E-state index in [0.29, 0.717) is 29.6 Å². The minimum Gasteiger partial charge on any atom is -0.496 e. The number of hydrogen-bond acceptors (Lipinski definition) is 3. The van der Waals surface area contributed by atoms with Gasteiger partial charge in [0.2, 0.25) is 0 Å². The summed E-state index contributed by atoms with van der Waals surface area (Å²) in [4.78, 5) is 17.6. The number of carbonyl (C=O) groups is 1. The maximum Gasteiger partial charge on any atom is 0.417 e. The van der Waals surface area contributed by atoms with E-state index in [0.717, 1.165) is 25.3 Å². The Bertz CT molecular complexity index is 1280. The number of alkyl halides is 3. The number of fused-ring (bicyclic) bond motifs is 1. The molecule has 2 N–H and O–H groups in total. The Morgan fingerprint density at radius 1 is 1.05 bits per heavy atom. The molecule has 1 saturated heterocycles. The number of carbonyl (C=O) groups excluding carboxylic acids is 1. The Kier molecular flexibility index (Phi) is 7.29. The summed E-state index contributed by atoms with van der Waals surface area (Å²) in [5, 5.41) is 11.6. The molecule has 0 saturated carbocycles. The fourth-order valence-electron chi connectivity index (χ4n) is 5.31. The number of H-pyrrole nitrogens is 1. The number of halogens is 4. The zero-order chi connectivity index (χ0) is 27.0. The largest absolute Gasteiger partial charge is 0.496 e. The van der Waals surface area contributed by atoms with Gasteiger partial charge in [-0.05, 0) is 73.6 Å². The van der Waals surface area contributed by atoms with Crippen molar-refractivity contribution in [1.29, 1.82) is 0 Å². The Hall–Kier alpha value is -3.07. The fourth-order valence-corrected chi connectivity index (χ4v) is 5.31. The van der Waals surface area contributed by atoms with Crippen LogP contribution in [0.25, 0.3) is 10.9 Å². The molecule has 5 nitrogen and oxygen atoms in total. The lowest BCUT2D eigenvalue weighted by molar-refractivity contribution is -0.266. The van der Waals surface area contributed by atoms with Crippen molar-refractivity contribution in [2.75, 3.05) is 20.2 Å². The first-order valence-corrected chi connectivity index (χ1v) is 12.4. The lowest BCUT2D eigenvalue weighted by atomic mass is 9.73. The highest BCUT2D eigenvalue weighted by Gasteiger charge is 2.56. The zero-order valence-electron chi connectivity index (χ0n) is 21.2. The van der Waals surface area contributed by atoms with Crippen molar-refractivity contribution >= 4 is 16.8 Å². The molecule has 37 heavy (non-hydrogen) atoms. The van der Waals surface area contributed by atoms with Gasteiger partial charge in [0.25, 0.3) is 5.91 Å². The second-order valence-corrected chi connectivity index (χ2v) is 10.6. The smallest absolute Gasteiger partial charge is 0.417 e. The van der Waals surface area contributed by atoms with E-state index in [2.05, 4.69) is 4.98 Å². The molecule has 200 valence electrons. The van der Waals surface area contributed by atoms with Crippen molar-refractivity contribution in [2.24, 2.45) is 0 Å². The molecule has 1 aliphatic rings. The molecule has 9 heteroatoms. The van der Waals surface area contributed by atoms with Crippen molar-refractivity contribution in [3.05, 3.63) is 65.1 Å². The van der Waals surface area contributed by atoms with E-state index in [1.54, 1.807) is 23.1 Å². The van der Waals surface area contributed by atoms with E-state index in [4.69, 9.17) is 4.74 Å². The normalized spacial score (nSPS) is 16.6. The van der Waals surface area contributed by atoms with Crippen molar-refractivity contribution in [3.63, 3.8) is 0 Å². The Morgan fingerprint density at radius 3 is 2.41 bits per heavy atom. The molecular formula is C28H32F4N2O3. The van der Waals surface area contributed by atoms with E-state index >= 15 is 0 Å². The number of benzene rings is 2.